The van der Waals surface area contributed by atoms with Crippen LogP contribution in [0.15, 0.2) is 24.3 Å². The maximum Gasteiger partial charge on any atom is 0.407 e. The van der Waals surface area contributed by atoms with Gasteiger partial charge < -0.3 is 10.1 Å². The van der Waals surface area contributed by atoms with E-state index in [2.05, 4.69) is 5.32 Å². The fraction of sp³-hybridized carbons (Fsp3) is 0.588. The Morgan fingerprint density at radius 1 is 1.32 bits per heavy atom. The number of benzene rings is 1. The highest BCUT2D eigenvalue weighted by atomic mass is 32.2. The van der Waals surface area contributed by atoms with E-state index < -0.39 is 27.5 Å². The van der Waals surface area contributed by atoms with Crippen LogP contribution in [0, 0.1) is 5.82 Å². The molecule has 0 bridgehead atoms. The lowest BCUT2D eigenvalue weighted by Crippen LogP contribution is -2.50. The van der Waals surface area contributed by atoms with Crippen molar-refractivity contribution in [1.29, 1.82) is 0 Å². The number of carbonyl (C=O) groups excluding carboxylic acids is 1. The van der Waals surface area contributed by atoms with Crippen LogP contribution in [0.2, 0.25) is 0 Å². The van der Waals surface area contributed by atoms with Gasteiger partial charge in [0.05, 0.1) is 5.75 Å². The van der Waals surface area contributed by atoms with Crippen molar-refractivity contribution < 1.29 is 22.3 Å². The number of piperidine rings is 1. The van der Waals surface area contributed by atoms with Gasteiger partial charge in [0.1, 0.15) is 11.4 Å². The van der Waals surface area contributed by atoms with Crippen LogP contribution in [0.4, 0.5) is 9.18 Å². The highest BCUT2D eigenvalue weighted by molar-refractivity contribution is 7.88. The molecule has 1 atom stereocenters. The molecule has 140 valence electrons. The molecule has 25 heavy (non-hydrogen) atoms. The minimum Gasteiger partial charge on any atom is -0.444 e. The number of hydrogen-bond donors (Lipinski definition) is 1. The fourth-order valence-corrected chi connectivity index (χ4v) is 4.28. The SMILES string of the molecule is CC(C)(C)OC(=O)N[C@@H]1CCCN(S(=O)(=O)Cc2ccc(F)cc2)C1. The molecule has 1 aromatic carbocycles. The summed E-state index contributed by atoms with van der Waals surface area (Å²) in [5.74, 6) is -0.590. The van der Waals surface area contributed by atoms with Crippen LogP contribution in [0.3, 0.4) is 0 Å². The summed E-state index contributed by atoms with van der Waals surface area (Å²) >= 11 is 0. The molecule has 1 aliphatic rings. The van der Waals surface area contributed by atoms with Crippen LogP contribution < -0.4 is 5.32 Å². The van der Waals surface area contributed by atoms with Crippen LogP contribution in [0.1, 0.15) is 39.2 Å². The zero-order chi connectivity index (χ0) is 18.7. The molecule has 1 fully saturated rings. The molecule has 0 aliphatic carbocycles. The monoisotopic (exact) mass is 372 g/mol. The van der Waals surface area contributed by atoms with Crippen LogP contribution in [-0.4, -0.2) is 43.5 Å². The second kappa shape index (κ2) is 7.70. The number of nitrogens with zero attached hydrogens (tertiary/aromatic N) is 1. The van der Waals surface area contributed by atoms with Gasteiger partial charge in [-0.3, -0.25) is 0 Å². The number of amides is 1. The Morgan fingerprint density at radius 2 is 1.96 bits per heavy atom. The lowest BCUT2D eigenvalue weighted by molar-refractivity contribution is 0.0487. The molecule has 1 saturated heterocycles. The first kappa shape index (κ1) is 19.7. The molecule has 0 spiro atoms. The smallest absolute Gasteiger partial charge is 0.407 e. The number of nitrogens with one attached hydrogen (secondary N) is 1. The molecule has 1 aromatic rings. The Morgan fingerprint density at radius 3 is 2.56 bits per heavy atom. The Balaban J connectivity index is 1.97. The van der Waals surface area contributed by atoms with Crippen LogP contribution in [-0.2, 0) is 20.5 Å². The second-order valence-corrected chi connectivity index (χ2v) is 9.19. The number of hydrogen-bond acceptors (Lipinski definition) is 4. The van der Waals surface area contributed by atoms with Crippen molar-refractivity contribution in [2.45, 2.75) is 51.0 Å². The predicted octanol–water partition coefficient (Wildman–Crippen LogP) is 2.64. The summed E-state index contributed by atoms with van der Waals surface area (Å²) in [6.45, 7) is 5.94. The Labute approximate surface area is 148 Å². The molecule has 1 aliphatic heterocycles. The summed E-state index contributed by atoms with van der Waals surface area (Å²) in [6, 6.07) is 5.13. The molecule has 1 amide bonds. The average Bonchev–Trinajstić information content (AvgIpc) is 2.48. The number of rotatable bonds is 4. The number of sulfonamides is 1. The highest BCUT2D eigenvalue weighted by Gasteiger charge is 2.30. The van der Waals surface area contributed by atoms with Crippen molar-refractivity contribution in [2.24, 2.45) is 0 Å². The predicted molar refractivity (Wildman–Crippen MR) is 93.0 cm³/mol. The van der Waals surface area contributed by atoms with Gasteiger partial charge >= 0.3 is 6.09 Å². The third kappa shape index (κ3) is 6.28. The van der Waals surface area contributed by atoms with Crippen LogP contribution >= 0.6 is 0 Å². The van der Waals surface area contributed by atoms with E-state index in [1.165, 1.54) is 28.6 Å². The van der Waals surface area contributed by atoms with E-state index in [-0.39, 0.29) is 18.3 Å². The first-order chi connectivity index (χ1) is 11.5. The number of ether oxygens (including phenoxy) is 1. The van der Waals surface area contributed by atoms with E-state index in [0.29, 0.717) is 24.9 Å². The molecule has 1 N–H and O–H groups in total. The van der Waals surface area contributed by atoms with Crippen LogP contribution in [0.25, 0.3) is 0 Å². The summed E-state index contributed by atoms with van der Waals surface area (Å²) < 4.78 is 44.7. The molecule has 0 aromatic heterocycles. The normalized spacial score (nSPS) is 19.4. The number of carbonyl (C=O) groups is 1. The summed E-state index contributed by atoms with van der Waals surface area (Å²) in [5, 5.41) is 2.73. The van der Waals surface area contributed by atoms with Crippen molar-refractivity contribution in [2.75, 3.05) is 13.1 Å². The summed E-state index contributed by atoms with van der Waals surface area (Å²) in [7, 11) is -3.53. The van der Waals surface area contributed by atoms with Gasteiger partial charge in [0, 0.05) is 19.1 Å². The third-order valence-electron chi connectivity index (χ3n) is 3.76. The van der Waals surface area contributed by atoms with Crippen molar-refractivity contribution >= 4 is 16.1 Å². The molecular weight excluding hydrogens is 347 g/mol. The fourth-order valence-electron chi connectivity index (χ4n) is 2.67. The van der Waals surface area contributed by atoms with E-state index in [1.807, 2.05) is 0 Å². The lowest BCUT2D eigenvalue weighted by Gasteiger charge is -2.32. The number of alkyl carbamates (subject to hydrolysis) is 1. The van der Waals surface area contributed by atoms with Crippen molar-refractivity contribution in [3.05, 3.63) is 35.6 Å². The van der Waals surface area contributed by atoms with E-state index in [4.69, 9.17) is 4.74 Å². The average molecular weight is 372 g/mol. The van der Waals surface area contributed by atoms with Crippen LogP contribution in [0.5, 0.6) is 0 Å². The molecule has 6 nitrogen and oxygen atoms in total. The molecule has 0 radical (unpaired) electrons. The minimum absolute atomic E-state index is 0.188. The lowest BCUT2D eigenvalue weighted by atomic mass is 10.1. The topological polar surface area (TPSA) is 75.7 Å². The Bertz CT molecular complexity index is 698. The van der Waals surface area contributed by atoms with Crippen molar-refractivity contribution in [3.8, 4) is 0 Å². The Hall–Kier alpha value is -1.67. The minimum atomic E-state index is -3.53. The van der Waals surface area contributed by atoms with Gasteiger partial charge in [0.2, 0.25) is 10.0 Å². The summed E-state index contributed by atoms with van der Waals surface area (Å²) in [6.07, 6.45) is 0.806. The van der Waals surface area contributed by atoms with E-state index in [1.54, 1.807) is 20.8 Å². The first-order valence-corrected chi connectivity index (χ1v) is 9.88. The van der Waals surface area contributed by atoms with Gasteiger partial charge in [-0.05, 0) is 51.3 Å². The highest BCUT2D eigenvalue weighted by Crippen LogP contribution is 2.18. The standard InChI is InChI=1S/C17H25FN2O4S/c1-17(2,3)24-16(21)19-15-5-4-10-20(11-15)25(22,23)12-13-6-8-14(18)9-7-13/h6-9,15H,4-5,10-12H2,1-3H3,(H,19,21)/t15-/m1/s1. The van der Waals surface area contributed by atoms with Gasteiger partial charge in [-0.1, -0.05) is 12.1 Å². The van der Waals surface area contributed by atoms with Gasteiger partial charge in [0.25, 0.3) is 0 Å². The molecule has 0 saturated carbocycles. The maximum absolute atomic E-state index is 13.0. The van der Waals surface area contributed by atoms with E-state index in [9.17, 15) is 17.6 Å². The second-order valence-electron chi connectivity index (χ2n) is 7.23. The molecule has 2 rings (SSSR count). The number of halogens is 1. The molecule has 0 unspecified atom stereocenters. The van der Waals surface area contributed by atoms with Gasteiger partial charge in [0.15, 0.2) is 0 Å². The molecule has 8 heteroatoms. The summed E-state index contributed by atoms with van der Waals surface area (Å²) in [4.78, 5) is 11.9. The molecule has 1 heterocycles. The van der Waals surface area contributed by atoms with E-state index >= 15 is 0 Å². The van der Waals surface area contributed by atoms with Gasteiger partial charge in [-0.2, -0.15) is 4.31 Å². The van der Waals surface area contributed by atoms with Crippen molar-refractivity contribution in [3.63, 3.8) is 0 Å². The first-order valence-electron chi connectivity index (χ1n) is 8.27. The van der Waals surface area contributed by atoms with E-state index in [0.717, 1.165) is 0 Å². The zero-order valence-corrected chi connectivity index (χ0v) is 15.6. The van der Waals surface area contributed by atoms with Crippen molar-refractivity contribution in [1.82, 2.24) is 9.62 Å². The summed E-state index contributed by atoms with van der Waals surface area (Å²) in [5.41, 5.74) is -0.0729. The third-order valence-corrected chi connectivity index (χ3v) is 5.58. The Kier molecular flexibility index (Phi) is 6.05. The van der Waals surface area contributed by atoms with Gasteiger partial charge in [-0.15, -0.1) is 0 Å². The maximum atomic E-state index is 13.0. The zero-order valence-electron chi connectivity index (χ0n) is 14.8. The quantitative estimate of drug-likeness (QED) is 0.882. The molecular formula is C17H25FN2O4S. The van der Waals surface area contributed by atoms with Gasteiger partial charge in [-0.25, -0.2) is 17.6 Å². The largest absolute Gasteiger partial charge is 0.444 e.